The second-order valence-corrected chi connectivity index (χ2v) is 9.32. The molecule has 2 aliphatic rings. The van der Waals surface area contributed by atoms with E-state index in [-0.39, 0.29) is 5.92 Å². The third-order valence-electron chi connectivity index (χ3n) is 7.08. The number of benzene rings is 2. The minimum atomic E-state index is 0.199. The van der Waals surface area contributed by atoms with Gasteiger partial charge in [-0.3, -0.25) is 4.79 Å². The van der Waals surface area contributed by atoms with Gasteiger partial charge in [-0.1, -0.05) is 31.2 Å². The van der Waals surface area contributed by atoms with Crippen LogP contribution in [0.5, 0.6) is 0 Å². The summed E-state index contributed by atoms with van der Waals surface area (Å²) in [5.41, 5.74) is 5.43. The number of nitrogens with zero attached hydrogens (tertiary/aromatic N) is 4. The molecule has 2 N–H and O–H groups in total. The summed E-state index contributed by atoms with van der Waals surface area (Å²) in [4.78, 5) is 26.3. The Morgan fingerprint density at radius 3 is 2.37 bits per heavy atom. The molecule has 0 spiro atoms. The highest BCUT2D eigenvalue weighted by atomic mass is 16.2. The van der Waals surface area contributed by atoms with Crippen LogP contribution in [0.3, 0.4) is 0 Å². The quantitative estimate of drug-likeness (QED) is 0.565. The van der Waals surface area contributed by atoms with Crippen molar-refractivity contribution >= 4 is 23.2 Å². The Balaban J connectivity index is 1.17. The van der Waals surface area contributed by atoms with Crippen LogP contribution < -0.4 is 15.5 Å². The van der Waals surface area contributed by atoms with Crippen LogP contribution in [0.2, 0.25) is 0 Å². The summed E-state index contributed by atoms with van der Waals surface area (Å²) in [6.45, 7) is 7.39. The molecule has 2 aliphatic heterocycles. The zero-order chi connectivity index (χ0) is 24.0. The molecule has 7 nitrogen and oxygen atoms in total. The van der Waals surface area contributed by atoms with E-state index in [1.807, 2.05) is 6.07 Å². The van der Waals surface area contributed by atoms with Crippen LogP contribution in [-0.2, 0) is 11.2 Å². The molecule has 0 atom stereocenters. The highest BCUT2D eigenvalue weighted by Crippen LogP contribution is 2.24. The molecule has 0 bridgehead atoms. The first-order valence-electron chi connectivity index (χ1n) is 12.7. The fourth-order valence-corrected chi connectivity index (χ4v) is 4.89. The molecule has 0 aliphatic carbocycles. The smallest absolute Gasteiger partial charge is 0.227 e. The third kappa shape index (κ3) is 5.62. The van der Waals surface area contributed by atoms with Crippen LogP contribution in [0.1, 0.15) is 25.3 Å². The summed E-state index contributed by atoms with van der Waals surface area (Å²) in [5, 5.41) is 6.67. The van der Waals surface area contributed by atoms with Crippen LogP contribution in [0.15, 0.2) is 60.8 Å². The fourth-order valence-electron chi connectivity index (χ4n) is 4.89. The second kappa shape index (κ2) is 10.9. The Kier molecular flexibility index (Phi) is 7.23. The molecule has 0 radical (unpaired) electrons. The first kappa shape index (κ1) is 23.3. The molecule has 0 saturated carbocycles. The lowest BCUT2D eigenvalue weighted by Gasteiger charge is -2.38. The van der Waals surface area contributed by atoms with Crippen molar-refractivity contribution in [3.8, 4) is 11.3 Å². The summed E-state index contributed by atoms with van der Waals surface area (Å²) >= 11 is 0. The highest BCUT2D eigenvalue weighted by Gasteiger charge is 2.28. The van der Waals surface area contributed by atoms with Gasteiger partial charge >= 0.3 is 0 Å². The van der Waals surface area contributed by atoms with Crippen LogP contribution in [0.4, 0.5) is 17.3 Å². The first-order valence-corrected chi connectivity index (χ1v) is 12.7. The Hall–Kier alpha value is -3.45. The van der Waals surface area contributed by atoms with E-state index < -0.39 is 0 Å². The maximum absolute atomic E-state index is 12.8. The maximum atomic E-state index is 12.8. The molecule has 2 saturated heterocycles. The van der Waals surface area contributed by atoms with E-state index >= 15 is 0 Å². The van der Waals surface area contributed by atoms with Crippen molar-refractivity contribution in [3.63, 3.8) is 0 Å². The molecule has 1 aromatic heterocycles. The summed E-state index contributed by atoms with van der Waals surface area (Å²) in [7, 11) is 0. The molecule has 2 fully saturated rings. The molecule has 7 heteroatoms. The fraction of sp³-hybridized carbons (Fsp3) is 0.393. The van der Waals surface area contributed by atoms with Crippen molar-refractivity contribution in [1.82, 2.24) is 20.2 Å². The summed E-state index contributed by atoms with van der Waals surface area (Å²) < 4.78 is 0. The van der Waals surface area contributed by atoms with Gasteiger partial charge in [0.05, 0.1) is 5.69 Å². The van der Waals surface area contributed by atoms with Gasteiger partial charge in [0, 0.05) is 55.2 Å². The Bertz CT molecular complexity index is 1120. The summed E-state index contributed by atoms with van der Waals surface area (Å²) in [6, 6.07) is 18.8. The molecule has 3 heterocycles. The van der Waals surface area contributed by atoms with Crippen LogP contribution in [0.25, 0.3) is 11.3 Å². The molecular weight excluding hydrogens is 436 g/mol. The number of piperidine rings is 1. The number of aryl methyl sites for hydroxylation is 1. The number of piperazine rings is 1. The number of carbonyl (C=O) groups excluding carboxylic acids is 1. The van der Waals surface area contributed by atoms with E-state index in [9.17, 15) is 4.79 Å². The van der Waals surface area contributed by atoms with Gasteiger partial charge in [0.2, 0.25) is 11.9 Å². The van der Waals surface area contributed by atoms with Gasteiger partial charge in [-0.2, -0.15) is 0 Å². The highest BCUT2D eigenvalue weighted by molar-refractivity contribution is 5.79. The van der Waals surface area contributed by atoms with E-state index in [0.29, 0.717) is 11.9 Å². The molecule has 0 unspecified atom stereocenters. The predicted octanol–water partition coefficient (Wildman–Crippen LogP) is 4.10. The SMILES string of the molecule is CCc1ccc(-c2ccnc(Nc3ccc(N4CCN(C(=O)C5CCNCC5)CC4)cc3)n2)cc1. The third-order valence-corrected chi connectivity index (χ3v) is 7.08. The van der Waals surface area contributed by atoms with Crippen molar-refractivity contribution < 1.29 is 4.79 Å². The number of aromatic nitrogens is 2. The van der Waals surface area contributed by atoms with E-state index in [0.717, 1.165) is 75.5 Å². The molecule has 3 aromatic rings. The predicted molar refractivity (Wildman–Crippen MR) is 141 cm³/mol. The molecule has 182 valence electrons. The Labute approximate surface area is 207 Å². The van der Waals surface area contributed by atoms with E-state index in [2.05, 4.69) is 80.9 Å². The Morgan fingerprint density at radius 2 is 1.69 bits per heavy atom. The van der Waals surface area contributed by atoms with Gasteiger partial charge in [0.15, 0.2) is 0 Å². The number of hydrogen-bond donors (Lipinski definition) is 2. The zero-order valence-corrected chi connectivity index (χ0v) is 20.4. The summed E-state index contributed by atoms with van der Waals surface area (Å²) in [5.74, 6) is 1.12. The molecule has 1 amide bonds. The zero-order valence-electron chi connectivity index (χ0n) is 20.4. The monoisotopic (exact) mass is 470 g/mol. The lowest BCUT2D eigenvalue weighted by Crippen LogP contribution is -2.51. The minimum absolute atomic E-state index is 0.199. The van der Waals surface area contributed by atoms with Gasteiger partial charge in [0.25, 0.3) is 0 Å². The number of anilines is 3. The first-order chi connectivity index (χ1) is 17.2. The number of amides is 1. The molecular formula is C28H34N6O. The van der Waals surface area contributed by atoms with Gasteiger partial charge in [-0.15, -0.1) is 0 Å². The lowest BCUT2D eigenvalue weighted by molar-refractivity contribution is -0.136. The second-order valence-electron chi connectivity index (χ2n) is 9.32. The number of hydrogen-bond acceptors (Lipinski definition) is 6. The molecule has 35 heavy (non-hydrogen) atoms. The van der Waals surface area contributed by atoms with E-state index in [1.54, 1.807) is 6.20 Å². The average Bonchev–Trinajstić information content (AvgIpc) is 2.94. The van der Waals surface area contributed by atoms with Crippen molar-refractivity contribution in [1.29, 1.82) is 0 Å². The topological polar surface area (TPSA) is 73.4 Å². The normalized spacial score (nSPS) is 16.8. The average molecular weight is 471 g/mol. The van der Waals surface area contributed by atoms with Crippen LogP contribution in [0, 0.1) is 5.92 Å². The van der Waals surface area contributed by atoms with Gasteiger partial charge < -0.3 is 20.4 Å². The molecule has 5 rings (SSSR count). The van der Waals surface area contributed by atoms with Crippen LogP contribution >= 0.6 is 0 Å². The number of rotatable bonds is 6. The number of nitrogens with one attached hydrogen (secondary N) is 2. The van der Waals surface area contributed by atoms with Gasteiger partial charge in [0.1, 0.15) is 0 Å². The minimum Gasteiger partial charge on any atom is -0.368 e. The lowest BCUT2D eigenvalue weighted by atomic mass is 9.96. The van der Waals surface area contributed by atoms with Crippen molar-refractivity contribution in [2.75, 3.05) is 49.5 Å². The summed E-state index contributed by atoms with van der Waals surface area (Å²) in [6.07, 6.45) is 4.74. The van der Waals surface area contributed by atoms with Crippen LogP contribution in [-0.4, -0.2) is 60.0 Å². The van der Waals surface area contributed by atoms with Crippen molar-refractivity contribution in [2.24, 2.45) is 5.92 Å². The maximum Gasteiger partial charge on any atom is 0.227 e. The van der Waals surface area contributed by atoms with E-state index in [1.165, 1.54) is 11.3 Å². The van der Waals surface area contributed by atoms with Crippen molar-refractivity contribution in [3.05, 3.63) is 66.4 Å². The standard InChI is InChI=1S/C28H34N6O/c1-2-21-3-5-22(6-4-21)26-13-16-30-28(32-26)31-24-7-9-25(10-8-24)33-17-19-34(20-18-33)27(35)23-11-14-29-15-12-23/h3-10,13,16,23,29H,2,11-12,14-15,17-20H2,1H3,(H,30,31,32). The largest absolute Gasteiger partial charge is 0.368 e. The van der Waals surface area contributed by atoms with Crippen molar-refractivity contribution in [2.45, 2.75) is 26.2 Å². The number of carbonyl (C=O) groups is 1. The van der Waals surface area contributed by atoms with Gasteiger partial charge in [-0.25, -0.2) is 9.97 Å². The Morgan fingerprint density at radius 1 is 0.971 bits per heavy atom. The van der Waals surface area contributed by atoms with E-state index in [4.69, 9.17) is 4.98 Å². The van der Waals surface area contributed by atoms with Gasteiger partial charge in [-0.05, 0) is 68.2 Å². The molecule has 2 aromatic carbocycles.